The summed E-state index contributed by atoms with van der Waals surface area (Å²) < 4.78 is 16.8. The number of halogens is 3. The number of ether oxygens (including phenoxy) is 1. The molecule has 0 unspecified atom stereocenters. The van der Waals surface area contributed by atoms with Crippen LogP contribution >= 0.6 is 37.0 Å². The van der Waals surface area contributed by atoms with Gasteiger partial charge in [0.25, 0.3) is 0 Å². The molecule has 0 spiro atoms. The average molecular weight is 974 g/mol. The molecule has 247 valence electrons. The van der Waals surface area contributed by atoms with Gasteiger partial charge in [-0.05, 0) is 34.1 Å². The molecule has 0 saturated carbocycles. The molecule has 0 atom stereocenters. The number of hydrogen-bond acceptors (Lipinski definition) is 3. The van der Waals surface area contributed by atoms with Gasteiger partial charge in [-0.15, -0.1) is 14.1 Å². The topological polar surface area (TPSA) is 34.0 Å². The molecule has 46 heavy (non-hydrogen) atoms. The average Bonchev–Trinajstić information content (AvgIpc) is 3.61. The Kier molecular flexibility index (Phi) is 16.7. The minimum atomic E-state index is -2.32. The molecule has 4 aromatic rings. The van der Waals surface area contributed by atoms with Crippen LogP contribution in [-0.2, 0) is 4.74 Å². The summed E-state index contributed by atoms with van der Waals surface area (Å²) in [6.07, 6.45) is 2.56. The molecule has 0 aromatic heterocycles. The van der Waals surface area contributed by atoms with Gasteiger partial charge in [0.1, 0.15) is 0 Å². The third kappa shape index (κ3) is 12.8. The maximum absolute atomic E-state index is 5.92. The van der Waals surface area contributed by atoms with Crippen molar-refractivity contribution in [2.45, 2.75) is 52.1 Å². The summed E-state index contributed by atoms with van der Waals surface area (Å²) in [4.78, 5) is 0. The molecule has 1 aliphatic rings. The molecule has 11 heteroatoms. The van der Waals surface area contributed by atoms with Crippen LogP contribution in [0.4, 0.5) is 0 Å². The van der Waals surface area contributed by atoms with Crippen molar-refractivity contribution < 1.29 is 26.8 Å². The first-order valence-electron chi connectivity index (χ1n) is 15.5. The van der Waals surface area contributed by atoms with Gasteiger partial charge in [0, 0.05) is 13.2 Å². The molecule has 1 heterocycles. The van der Waals surface area contributed by atoms with E-state index in [1.165, 1.54) is 34.1 Å². The van der Waals surface area contributed by atoms with Crippen LogP contribution in [0.2, 0.25) is 39.3 Å². The van der Waals surface area contributed by atoms with E-state index in [2.05, 4.69) is 167 Å². The van der Waals surface area contributed by atoms with Crippen molar-refractivity contribution in [1.29, 1.82) is 0 Å². The van der Waals surface area contributed by atoms with Crippen LogP contribution in [0.3, 0.4) is 0 Å². The number of hydrogen-bond donors (Lipinski definition) is 0. The van der Waals surface area contributed by atoms with E-state index in [0.717, 1.165) is 13.2 Å². The summed E-state index contributed by atoms with van der Waals surface area (Å²) in [5.41, 5.74) is 0. The quantitative estimate of drug-likeness (QED) is 0.0984. The fourth-order valence-electron chi connectivity index (χ4n) is 5.17. The molecular formula is C35H47Cl3N2OP2Si2U-. The van der Waals surface area contributed by atoms with Gasteiger partial charge < -0.3 is 13.6 Å². The Bertz CT molecular complexity index is 1360. The van der Waals surface area contributed by atoms with E-state index in [9.17, 15) is 0 Å². The van der Waals surface area contributed by atoms with Gasteiger partial charge >= 0.3 is 44.9 Å². The summed E-state index contributed by atoms with van der Waals surface area (Å²) in [6, 6.07) is 44.1. The summed E-state index contributed by atoms with van der Waals surface area (Å²) in [7, 11) is 6.67. The molecule has 0 aliphatic carbocycles. The summed E-state index contributed by atoms with van der Waals surface area (Å²) in [6.45, 7) is 16.2. The zero-order valence-electron chi connectivity index (χ0n) is 27.8. The van der Waals surface area contributed by atoms with E-state index in [1.807, 2.05) is 0 Å². The number of nitrogens with zero attached hydrogens (tertiary/aromatic N) is 2. The van der Waals surface area contributed by atoms with Crippen LogP contribution in [0.5, 0.6) is 0 Å². The van der Waals surface area contributed by atoms with Gasteiger partial charge in [0.05, 0.1) is 0 Å². The molecular weight excluding hydrogens is 927 g/mol. The Labute approximate surface area is 300 Å². The zero-order valence-corrected chi connectivity index (χ0v) is 38.0. The van der Waals surface area contributed by atoms with Gasteiger partial charge in [0.15, 0.2) is 16.5 Å². The van der Waals surface area contributed by atoms with Gasteiger partial charge in [-0.3, -0.25) is 0 Å². The van der Waals surface area contributed by atoms with Crippen molar-refractivity contribution in [3.63, 3.8) is 0 Å². The van der Waals surface area contributed by atoms with Crippen molar-refractivity contribution in [3.8, 4) is 0 Å². The monoisotopic (exact) mass is 972 g/mol. The predicted molar refractivity (Wildman–Crippen MR) is 212 cm³/mol. The molecule has 0 radical (unpaired) electrons. The van der Waals surface area contributed by atoms with Crippen LogP contribution in [0, 0.1) is 28.0 Å². The van der Waals surface area contributed by atoms with Gasteiger partial charge in [0.2, 0.25) is 0 Å². The van der Waals surface area contributed by atoms with E-state index in [4.69, 9.17) is 36.4 Å². The van der Waals surface area contributed by atoms with E-state index >= 15 is 0 Å². The molecule has 1 aliphatic heterocycles. The standard InChI is InChI=1S/C31H39N2P2Si2.C4H8O.3ClH.U/c1-36(2,3)32-34(28-19-11-7-12-20-28,29-21-13-8-14-22-29)27-35(33-37(4,5)6,30-23-15-9-16-24-30)31-25-17-10-18-26-31;1-2-4-5-3-1;;;;/h7-27H,1-6H3;1-4H2;3*1H;/q-1;;;;;+3/p-3. The second-order valence-electron chi connectivity index (χ2n) is 12.9. The predicted octanol–water partition coefficient (Wildman–Crippen LogP) is 11.3. The Morgan fingerprint density at radius 1 is 0.522 bits per heavy atom. The third-order valence-electron chi connectivity index (χ3n) is 6.68. The normalized spacial score (nSPS) is 13.4. The van der Waals surface area contributed by atoms with Crippen LogP contribution in [0.25, 0.3) is 0 Å². The summed E-state index contributed by atoms with van der Waals surface area (Å²) in [5, 5.41) is 5.24. The number of benzene rings is 4. The molecule has 1 fully saturated rings. The van der Waals surface area contributed by atoms with E-state index in [0.29, 0.717) is 0 Å². The van der Waals surface area contributed by atoms with E-state index in [1.54, 1.807) is 0 Å². The van der Waals surface area contributed by atoms with Gasteiger partial charge in [-0.1, -0.05) is 161 Å². The Morgan fingerprint density at radius 3 is 0.935 bits per heavy atom. The number of rotatable bonds is 8. The molecule has 0 N–H and O–H groups in total. The van der Waals surface area contributed by atoms with Crippen molar-refractivity contribution >= 4 is 74.7 Å². The van der Waals surface area contributed by atoms with E-state index < -0.39 is 52.6 Å². The molecule has 1 saturated heterocycles. The Hall–Kier alpha value is -0.344. The van der Waals surface area contributed by atoms with Crippen molar-refractivity contribution in [2.75, 3.05) is 13.2 Å². The van der Waals surface area contributed by atoms with Crippen molar-refractivity contribution in [2.24, 2.45) is 8.82 Å². The fraction of sp³-hybridized carbons (Fsp3) is 0.286. The Balaban J connectivity index is 0.000000557. The first kappa shape index (κ1) is 40.1. The van der Waals surface area contributed by atoms with Crippen LogP contribution in [0.15, 0.2) is 130 Å². The van der Waals surface area contributed by atoms with Crippen LogP contribution < -0.4 is 21.2 Å². The van der Waals surface area contributed by atoms with Gasteiger partial charge in [-0.2, -0.15) is 0 Å². The molecule has 4 aromatic carbocycles. The second kappa shape index (κ2) is 19.2. The zero-order chi connectivity index (χ0) is 33.7. The minimum absolute atomic E-state index is 1.00. The molecule has 5 rings (SSSR count). The van der Waals surface area contributed by atoms with E-state index in [-0.39, 0.29) is 0 Å². The van der Waals surface area contributed by atoms with Gasteiger partial charge in [-0.25, -0.2) is 5.90 Å². The maximum atomic E-state index is 5.92. The van der Waals surface area contributed by atoms with Crippen LogP contribution in [0.1, 0.15) is 12.8 Å². The molecule has 0 bridgehead atoms. The van der Waals surface area contributed by atoms with Crippen LogP contribution in [-0.4, -0.2) is 29.7 Å². The van der Waals surface area contributed by atoms with Crippen molar-refractivity contribution in [3.05, 3.63) is 127 Å². The Morgan fingerprint density at radius 2 is 0.761 bits per heavy atom. The summed E-state index contributed by atoms with van der Waals surface area (Å²) in [5.74, 6) is 2.69. The fourth-order valence-corrected chi connectivity index (χ4v) is 23.1. The SMILES string of the molecule is C1CCOC1.C[Si](C)(C)N=P([CH-]P(=N[Si](C)(C)C)(c1ccccc1)c1ccccc1)(c1ccccc1)c1ccccc1.[Cl][U]([Cl])[Cl]. The first-order valence-corrected chi connectivity index (χ1v) is 41.4. The third-order valence-corrected chi connectivity index (χ3v) is 21.0. The summed E-state index contributed by atoms with van der Waals surface area (Å²) >= 11 is -2.31. The second-order valence-corrected chi connectivity index (χ2v) is 46.7. The first-order chi connectivity index (χ1) is 21.8. The van der Waals surface area contributed by atoms with Crippen molar-refractivity contribution in [1.82, 2.24) is 0 Å². The molecule has 3 nitrogen and oxygen atoms in total. The molecule has 0 amide bonds.